The Hall–Kier alpha value is -0.520. The smallest absolute Gasteiger partial charge is 0.0168 e. The van der Waals surface area contributed by atoms with Gasteiger partial charge in [0.2, 0.25) is 0 Å². The summed E-state index contributed by atoms with van der Waals surface area (Å²) in [4.78, 5) is 0. The molecule has 14 aliphatic carbocycles. The number of hydrogen-bond acceptors (Lipinski definition) is 0. The molecule has 0 aliphatic heterocycles. The Bertz CT molecular complexity index is 1310. The van der Waals surface area contributed by atoms with Crippen molar-refractivity contribution in [3.63, 3.8) is 0 Å². The van der Waals surface area contributed by atoms with Crippen LogP contribution in [0.4, 0.5) is 0 Å². The van der Waals surface area contributed by atoms with Crippen LogP contribution < -0.4 is 0 Å². The quantitative estimate of drug-likeness (QED) is 0.222. The maximum absolute atomic E-state index is 2.78. The fourth-order valence-electron chi connectivity index (χ4n) is 22.3. The van der Waals surface area contributed by atoms with E-state index in [-0.39, 0.29) is 0 Å². The largest absolute Gasteiger partial charge is 0.0879 e. The van der Waals surface area contributed by atoms with Gasteiger partial charge in [-0.1, -0.05) is 38.2 Å². The minimum absolute atomic E-state index is 0.582. The van der Waals surface area contributed by atoms with Gasteiger partial charge < -0.3 is 0 Å². The Morgan fingerprint density at radius 2 is 0.800 bits per heavy atom. The van der Waals surface area contributed by atoms with Crippen LogP contribution in [0.25, 0.3) is 0 Å². The second kappa shape index (κ2) is 7.93. The van der Waals surface area contributed by atoms with E-state index in [0.717, 1.165) is 82.9 Å². The molecule has 0 nitrogen and oxygen atoms in total. The lowest BCUT2D eigenvalue weighted by Crippen LogP contribution is -2.46. The number of allylic oxidation sites excluding steroid dienone is 4. The lowest BCUT2D eigenvalue weighted by molar-refractivity contribution is -0.0279. The molecule has 0 heteroatoms. The topological polar surface area (TPSA) is 0 Å². The molecule has 26 atom stereocenters. The first-order valence-corrected chi connectivity index (χ1v) is 21.4. The van der Waals surface area contributed by atoms with Crippen molar-refractivity contribution in [1.82, 2.24) is 0 Å². The Morgan fingerprint density at radius 1 is 0.400 bits per heavy atom. The van der Waals surface area contributed by atoms with E-state index in [1.54, 1.807) is 64.2 Å². The van der Waals surface area contributed by atoms with Crippen molar-refractivity contribution in [3.05, 3.63) is 24.3 Å². The average Bonchev–Trinajstić information content (AvgIpc) is 3.86. The summed E-state index contributed by atoms with van der Waals surface area (Å²) in [6.45, 7) is 5.55. The van der Waals surface area contributed by atoms with Gasteiger partial charge in [-0.25, -0.2) is 0 Å². The highest BCUT2D eigenvalue weighted by Crippen LogP contribution is 2.81. The van der Waals surface area contributed by atoms with Gasteiger partial charge in [0.25, 0.3) is 0 Å². The van der Waals surface area contributed by atoms with Crippen LogP contribution in [0.15, 0.2) is 24.3 Å². The Labute approximate surface area is 273 Å². The first-order chi connectivity index (χ1) is 22.0. The molecule has 0 aromatic heterocycles. The predicted molar refractivity (Wildman–Crippen MR) is 178 cm³/mol. The molecule has 0 heterocycles. The standard InChI is InChI=1S/C45H60/c1-45(2,17-21-9-19-11-27(21)39-35-15-33(37(19)39)41-29-13-31(43(35)41)25-7-3-5-23(25)29)18-22-10-20-12-28(22)40-36-16-34(38(20)40)42-30-14-32(44(36)42)26-8-4-6-24(26)30/h3-4,7-8,19-44H,5-6,9-18H2,1-2H3. The molecule has 0 amide bonds. The van der Waals surface area contributed by atoms with E-state index < -0.39 is 0 Å². The predicted octanol–water partition coefficient (Wildman–Crippen LogP) is 10.0. The fraction of sp³-hybridized carbons (Fsp3) is 0.911. The van der Waals surface area contributed by atoms with Crippen LogP contribution in [0.1, 0.15) is 90.9 Å². The van der Waals surface area contributed by atoms with E-state index in [0.29, 0.717) is 5.41 Å². The molecule has 14 aliphatic rings. The maximum Gasteiger partial charge on any atom is -0.0168 e. The lowest BCUT2D eigenvalue weighted by Gasteiger charge is -2.50. The van der Waals surface area contributed by atoms with Crippen LogP contribution in [0.2, 0.25) is 0 Å². The van der Waals surface area contributed by atoms with Gasteiger partial charge in [-0.05, 0) is 236 Å². The van der Waals surface area contributed by atoms with Crippen molar-refractivity contribution in [2.45, 2.75) is 90.9 Å². The van der Waals surface area contributed by atoms with Crippen molar-refractivity contribution in [1.29, 1.82) is 0 Å². The SMILES string of the molecule is CC(C)(CC1CC2CC1C1C3CC(C21)C1C2CC(C4C=CCC42)C31)CC1CC2CC1C1C3CC(C21)C1C2CC(C4C=CCC42)C31. The van der Waals surface area contributed by atoms with Crippen molar-refractivity contribution in [3.8, 4) is 0 Å². The van der Waals surface area contributed by atoms with Crippen LogP contribution >= 0.6 is 0 Å². The monoisotopic (exact) mass is 600 g/mol. The van der Waals surface area contributed by atoms with Gasteiger partial charge >= 0.3 is 0 Å². The zero-order valence-corrected chi connectivity index (χ0v) is 28.3. The van der Waals surface area contributed by atoms with Crippen molar-refractivity contribution >= 4 is 0 Å². The molecular formula is C45H60. The zero-order chi connectivity index (χ0) is 28.8. The molecule has 240 valence electrons. The van der Waals surface area contributed by atoms with Crippen molar-refractivity contribution in [2.24, 2.45) is 159 Å². The third-order valence-corrected chi connectivity index (χ3v) is 21.8. The van der Waals surface area contributed by atoms with Gasteiger partial charge in [0.15, 0.2) is 0 Å². The third kappa shape index (κ3) is 2.73. The molecule has 12 saturated carbocycles. The van der Waals surface area contributed by atoms with Crippen LogP contribution in [0.3, 0.4) is 0 Å². The summed E-state index contributed by atoms with van der Waals surface area (Å²) in [6.07, 6.45) is 30.1. The first kappa shape index (κ1) is 25.5. The summed E-state index contributed by atoms with van der Waals surface area (Å²) >= 11 is 0. The third-order valence-electron chi connectivity index (χ3n) is 21.8. The summed E-state index contributed by atoms with van der Waals surface area (Å²) in [5, 5.41) is 0. The number of hydrogen-bond donors (Lipinski definition) is 0. The average molecular weight is 601 g/mol. The second-order valence-electron chi connectivity index (χ2n) is 22.6. The molecule has 12 bridgehead atoms. The van der Waals surface area contributed by atoms with E-state index in [2.05, 4.69) is 38.2 Å². The summed E-state index contributed by atoms with van der Waals surface area (Å²) < 4.78 is 0. The Morgan fingerprint density at radius 3 is 1.29 bits per heavy atom. The number of fused-ring (bicyclic) bond motifs is 38. The fourth-order valence-corrected chi connectivity index (χ4v) is 22.3. The van der Waals surface area contributed by atoms with Crippen molar-refractivity contribution in [2.75, 3.05) is 0 Å². The molecule has 0 aromatic carbocycles. The normalized spacial score (nSPS) is 70.9. The summed E-state index contributed by atoms with van der Waals surface area (Å²) in [7, 11) is 0. The Balaban J connectivity index is 0.690. The van der Waals surface area contributed by atoms with Crippen LogP contribution in [0, 0.1) is 159 Å². The van der Waals surface area contributed by atoms with E-state index in [4.69, 9.17) is 0 Å². The molecule has 0 N–H and O–H groups in total. The molecule has 45 heavy (non-hydrogen) atoms. The molecule has 0 spiro atoms. The van der Waals surface area contributed by atoms with E-state index in [1.165, 1.54) is 83.9 Å². The highest BCUT2D eigenvalue weighted by atomic mass is 14.8. The molecule has 14 rings (SSSR count). The highest BCUT2D eigenvalue weighted by molar-refractivity contribution is 5.27. The lowest BCUT2D eigenvalue weighted by atomic mass is 9.54. The van der Waals surface area contributed by atoms with Crippen molar-refractivity contribution < 1.29 is 0 Å². The van der Waals surface area contributed by atoms with Gasteiger partial charge in [-0.15, -0.1) is 0 Å². The van der Waals surface area contributed by atoms with Gasteiger partial charge in [-0.2, -0.15) is 0 Å². The van der Waals surface area contributed by atoms with Gasteiger partial charge in [0.1, 0.15) is 0 Å². The molecule has 0 saturated heterocycles. The van der Waals surface area contributed by atoms with Gasteiger partial charge in [0.05, 0.1) is 0 Å². The first-order valence-electron chi connectivity index (χ1n) is 21.4. The van der Waals surface area contributed by atoms with E-state index >= 15 is 0 Å². The maximum atomic E-state index is 2.78. The van der Waals surface area contributed by atoms with E-state index in [1.807, 2.05) is 0 Å². The highest BCUT2D eigenvalue weighted by Gasteiger charge is 2.75. The van der Waals surface area contributed by atoms with Gasteiger partial charge in [0, 0.05) is 0 Å². The second-order valence-corrected chi connectivity index (χ2v) is 22.6. The molecule has 12 fully saturated rings. The summed E-state index contributed by atoms with van der Waals surface area (Å²) in [5.74, 6) is 29.7. The minimum atomic E-state index is 0.582. The van der Waals surface area contributed by atoms with Gasteiger partial charge in [-0.3, -0.25) is 0 Å². The van der Waals surface area contributed by atoms with Crippen LogP contribution in [0.5, 0.6) is 0 Å². The zero-order valence-electron chi connectivity index (χ0n) is 28.3. The number of rotatable bonds is 4. The molecular weight excluding hydrogens is 540 g/mol. The minimum Gasteiger partial charge on any atom is -0.0879 e. The van der Waals surface area contributed by atoms with E-state index in [9.17, 15) is 0 Å². The molecule has 0 aromatic rings. The van der Waals surface area contributed by atoms with Crippen LogP contribution in [-0.2, 0) is 0 Å². The molecule has 0 radical (unpaired) electrons. The summed E-state index contributed by atoms with van der Waals surface area (Å²) in [6, 6.07) is 0. The van der Waals surface area contributed by atoms with Crippen LogP contribution in [-0.4, -0.2) is 0 Å². The summed E-state index contributed by atoms with van der Waals surface area (Å²) in [5.41, 5.74) is 0.582. The Kier molecular flexibility index (Phi) is 4.48. The molecule has 26 unspecified atom stereocenters.